The van der Waals surface area contributed by atoms with Crippen molar-refractivity contribution in [3.63, 3.8) is 0 Å². The fraction of sp³-hybridized carbons (Fsp3) is 0.429. The Morgan fingerprint density at radius 2 is 2.32 bits per heavy atom. The third-order valence-electron chi connectivity index (χ3n) is 3.45. The van der Waals surface area contributed by atoms with E-state index >= 15 is 0 Å². The van der Waals surface area contributed by atoms with Crippen molar-refractivity contribution in [3.05, 3.63) is 35.5 Å². The van der Waals surface area contributed by atoms with Crippen LogP contribution in [-0.4, -0.2) is 55.4 Å². The third-order valence-corrected chi connectivity index (χ3v) is 5.50. The first-order valence-corrected chi connectivity index (χ1v) is 8.92. The smallest absolute Gasteiger partial charge is 0.274 e. The van der Waals surface area contributed by atoms with E-state index in [0.717, 1.165) is 0 Å². The molecule has 2 heterocycles. The molecule has 0 spiro atoms. The first-order valence-electron chi connectivity index (χ1n) is 6.72. The molecule has 1 aliphatic heterocycles. The highest BCUT2D eigenvalue weighted by molar-refractivity contribution is 7.91. The van der Waals surface area contributed by atoms with Crippen LogP contribution in [0.2, 0.25) is 5.02 Å². The molecule has 0 bridgehead atoms. The van der Waals surface area contributed by atoms with Gasteiger partial charge in [-0.1, -0.05) is 24.3 Å². The summed E-state index contributed by atoms with van der Waals surface area (Å²) >= 11 is 6.03. The van der Waals surface area contributed by atoms with Crippen molar-refractivity contribution in [2.45, 2.75) is 12.5 Å². The van der Waals surface area contributed by atoms with Crippen molar-refractivity contribution >= 4 is 27.3 Å². The van der Waals surface area contributed by atoms with E-state index in [1.807, 2.05) is 0 Å². The Hall–Kier alpha value is -1.60. The summed E-state index contributed by atoms with van der Waals surface area (Å²) in [6.07, 6.45) is 1.99. The molecule has 0 radical (unpaired) electrons. The zero-order valence-electron chi connectivity index (χ0n) is 12.2. The van der Waals surface area contributed by atoms with Crippen molar-refractivity contribution in [1.29, 1.82) is 0 Å². The standard InChI is InChI=1S/C14H17ClN2O4S/c1-3-7-21-12-5-4-11(15)13(16-12)14(18)17(2)10-6-8-22(19,20)9-10/h3-5,10H,1,6-9H2,2H3. The van der Waals surface area contributed by atoms with Crippen molar-refractivity contribution in [3.8, 4) is 5.88 Å². The van der Waals surface area contributed by atoms with Crippen LogP contribution < -0.4 is 4.74 Å². The Bertz CT molecular complexity index is 690. The van der Waals surface area contributed by atoms with Gasteiger partial charge in [0.05, 0.1) is 16.5 Å². The molecule has 1 amide bonds. The number of ether oxygens (including phenoxy) is 1. The Morgan fingerprint density at radius 3 is 2.91 bits per heavy atom. The van der Waals surface area contributed by atoms with Crippen LogP contribution in [0.1, 0.15) is 16.9 Å². The van der Waals surface area contributed by atoms with E-state index in [1.165, 1.54) is 11.0 Å². The van der Waals surface area contributed by atoms with Gasteiger partial charge in [-0.3, -0.25) is 4.79 Å². The normalized spacial score (nSPS) is 19.6. The van der Waals surface area contributed by atoms with Crippen molar-refractivity contribution in [2.24, 2.45) is 0 Å². The fourth-order valence-electron chi connectivity index (χ4n) is 2.21. The molecular weight excluding hydrogens is 328 g/mol. The zero-order chi connectivity index (χ0) is 16.3. The molecule has 8 heteroatoms. The minimum atomic E-state index is -3.07. The predicted octanol–water partition coefficient (Wildman–Crippen LogP) is 1.56. The van der Waals surface area contributed by atoms with Gasteiger partial charge in [0.2, 0.25) is 5.88 Å². The first kappa shape index (κ1) is 16.8. The number of rotatable bonds is 5. The fourth-order valence-corrected chi connectivity index (χ4v) is 4.17. The summed E-state index contributed by atoms with van der Waals surface area (Å²) in [5.41, 5.74) is 0.0510. The van der Waals surface area contributed by atoms with Crippen LogP contribution in [0.15, 0.2) is 24.8 Å². The second-order valence-corrected chi connectivity index (χ2v) is 7.69. The van der Waals surface area contributed by atoms with E-state index in [-0.39, 0.29) is 40.8 Å². The number of hydrogen-bond acceptors (Lipinski definition) is 5. The highest BCUT2D eigenvalue weighted by Crippen LogP contribution is 2.23. The van der Waals surface area contributed by atoms with Gasteiger partial charge in [0.1, 0.15) is 6.61 Å². The Morgan fingerprint density at radius 1 is 1.59 bits per heavy atom. The van der Waals surface area contributed by atoms with Crippen molar-refractivity contribution in [2.75, 3.05) is 25.2 Å². The molecule has 0 aromatic carbocycles. The van der Waals surface area contributed by atoms with Gasteiger partial charge in [-0.15, -0.1) is 0 Å². The van der Waals surface area contributed by atoms with Gasteiger partial charge in [0.15, 0.2) is 15.5 Å². The quantitative estimate of drug-likeness (QED) is 0.757. The molecule has 22 heavy (non-hydrogen) atoms. The highest BCUT2D eigenvalue weighted by atomic mass is 35.5. The number of carbonyl (C=O) groups is 1. The number of pyridine rings is 1. The van der Waals surface area contributed by atoms with Gasteiger partial charge >= 0.3 is 0 Å². The molecule has 120 valence electrons. The predicted molar refractivity (Wildman–Crippen MR) is 84.1 cm³/mol. The molecule has 1 aromatic heterocycles. The maximum atomic E-state index is 12.5. The van der Waals surface area contributed by atoms with Crippen LogP contribution in [0.25, 0.3) is 0 Å². The lowest BCUT2D eigenvalue weighted by atomic mass is 10.2. The topological polar surface area (TPSA) is 76.6 Å². The van der Waals surface area contributed by atoms with Gasteiger partial charge in [0, 0.05) is 19.2 Å². The number of halogens is 1. The average molecular weight is 345 g/mol. The SMILES string of the molecule is C=CCOc1ccc(Cl)c(C(=O)N(C)C2CCS(=O)(=O)C2)n1. The summed E-state index contributed by atoms with van der Waals surface area (Å²) in [4.78, 5) is 18.0. The van der Waals surface area contributed by atoms with Crippen LogP contribution in [0.5, 0.6) is 5.88 Å². The number of hydrogen-bond donors (Lipinski definition) is 0. The minimum Gasteiger partial charge on any atom is -0.473 e. The molecule has 0 N–H and O–H groups in total. The number of aromatic nitrogens is 1. The largest absolute Gasteiger partial charge is 0.473 e. The van der Waals surface area contributed by atoms with E-state index in [0.29, 0.717) is 6.42 Å². The summed E-state index contributed by atoms with van der Waals surface area (Å²) in [6.45, 7) is 3.80. The van der Waals surface area contributed by atoms with Gasteiger partial charge in [0.25, 0.3) is 5.91 Å². The molecule has 1 aliphatic rings. The molecule has 1 fully saturated rings. The number of carbonyl (C=O) groups excluding carboxylic acids is 1. The van der Waals surface area contributed by atoms with Crippen molar-refractivity contribution in [1.82, 2.24) is 9.88 Å². The summed E-state index contributed by atoms with van der Waals surface area (Å²) in [5, 5.41) is 0.198. The molecule has 0 aliphatic carbocycles. The van der Waals surface area contributed by atoms with E-state index in [1.54, 1.807) is 19.2 Å². The van der Waals surface area contributed by atoms with Crippen molar-refractivity contribution < 1.29 is 17.9 Å². The molecule has 1 unspecified atom stereocenters. The molecule has 0 saturated carbocycles. The summed E-state index contributed by atoms with van der Waals surface area (Å²) in [5.74, 6) is -0.0883. The first-order chi connectivity index (χ1) is 10.3. The Balaban J connectivity index is 2.19. The lowest BCUT2D eigenvalue weighted by Crippen LogP contribution is -2.38. The lowest BCUT2D eigenvalue weighted by molar-refractivity contribution is 0.0741. The minimum absolute atomic E-state index is 0.0283. The molecule has 1 aromatic rings. The maximum absolute atomic E-state index is 12.5. The number of nitrogens with zero attached hydrogens (tertiary/aromatic N) is 2. The van der Waals surface area contributed by atoms with Crippen LogP contribution >= 0.6 is 11.6 Å². The van der Waals surface area contributed by atoms with Gasteiger partial charge in [-0.25, -0.2) is 13.4 Å². The van der Waals surface area contributed by atoms with Crippen LogP contribution in [0.3, 0.4) is 0 Å². The van der Waals surface area contributed by atoms with Gasteiger partial charge in [-0.2, -0.15) is 0 Å². The van der Waals surface area contributed by atoms with Crippen LogP contribution in [0.4, 0.5) is 0 Å². The molecule has 1 saturated heterocycles. The van der Waals surface area contributed by atoms with Crippen LogP contribution in [0, 0.1) is 0 Å². The van der Waals surface area contributed by atoms with E-state index in [2.05, 4.69) is 11.6 Å². The van der Waals surface area contributed by atoms with Gasteiger partial charge < -0.3 is 9.64 Å². The average Bonchev–Trinajstić information content (AvgIpc) is 2.85. The van der Waals surface area contributed by atoms with E-state index < -0.39 is 15.7 Å². The maximum Gasteiger partial charge on any atom is 0.274 e. The molecule has 2 rings (SSSR count). The monoisotopic (exact) mass is 344 g/mol. The Labute approximate surface area is 134 Å². The summed E-state index contributed by atoms with van der Waals surface area (Å²) < 4.78 is 28.4. The third kappa shape index (κ3) is 3.78. The second kappa shape index (κ2) is 6.66. The summed E-state index contributed by atoms with van der Waals surface area (Å²) in [7, 11) is -1.51. The van der Waals surface area contributed by atoms with E-state index in [9.17, 15) is 13.2 Å². The second-order valence-electron chi connectivity index (χ2n) is 5.05. The summed E-state index contributed by atoms with van der Waals surface area (Å²) in [6, 6.07) is 2.73. The molecular formula is C14H17ClN2O4S. The highest BCUT2D eigenvalue weighted by Gasteiger charge is 2.34. The number of sulfone groups is 1. The zero-order valence-corrected chi connectivity index (χ0v) is 13.7. The Kier molecular flexibility index (Phi) is 5.08. The molecule has 1 atom stereocenters. The van der Waals surface area contributed by atoms with E-state index in [4.69, 9.17) is 16.3 Å². The number of amides is 1. The lowest BCUT2D eigenvalue weighted by Gasteiger charge is -2.23. The molecule has 6 nitrogen and oxygen atoms in total. The van der Waals surface area contributed by atoms with Gasteiger partial charge in [-0.05, 0) is 12.5 Å². The van der Waals surface area contributed by atoms with Crippen LogP contribution in [-0.2, 0) is 9.84 Å².